The molecule has 0 unspecified atom stereocenters. The number of hydrogen-bond donors (Lipinski definition) is 4. The van der Waals surface area contributed by atoms with Gasteiger partial charge in [-0.3, -0.25) is 19.4 Å². The summed E-state index contributed by atoms with van der Waals surface area (Å²) in [5.41, 5.74) is 1.86. The summed E-state index contributed by atoms with van der Waals surface area (Å²) in [6.45, 7) is 1.98. The summed E-state index contributed by atoms with van der Waals surface area (Å²) in [5.74, 6) is -1.58. The van der Waals surface area contributed by atoms with Crippen molar-refractivity contribution in [3.8, 4) is 0 Å². The second kappa shape index (κ2) is 8.61. The Kier molecular flexibility index (Phi) is 5.73. The first-order valence-corrected chi connectivity index (χ1v) is 10.2. The van der Waals surface area contributed by atoms with Crippen LogP contribution in [-0.2, 0) is 16.0 Å². The molecule has 0 spiro atoms. The zero-order chi connectivity index (χ0) is 22.0. The van der Waals surface area contributed by atoms with Crippen molar-refractivity contribution in [1.82, 2.24) is 9.97 Å². The molecule has 1 aromatic heterocycles. The highest BCUT2D eigenvalue weighted by Gasteiger charge is 2.35. The number of aromatic amines is 1. The minimum Gasteiger partial charge on any atom is -0.326 e. The van der Waals surface area contributed by atoms with E-state index in [1.165, 1.54) is 0 Å². The minimum atomic E-state index is -0.954. The second-order valence-electron chi connectivity index (χ2n) is 7.12. The lowest BCUT2D eigenvalue weighted by atomic mass is 9.92. The van der Waals surface area contributed by atoms with Gasteiger partial charge in [-0.25, -0.2) is 0 Å². The van der Waals surface area contributed by atoms with Gasteiger partial charge in [-0.05, 0) is 36.2 Å². The summed E-state index contributed by atoms with van der Waals surface area (Å²) in [6, 6.07) is 14.3. The van der Waals surface area contributed by atoms with E-state index in [9.17, 15) is 14.4 Å². The molecule has 0 saturated carbocycles. The lowest BCUT2D eigenvalue weighted by Gasteiger charge is -2.24. The zero-order valence-corrected chi connectivity index (χ0v) is 17.4. The molecule has 0 radical (unpaired) electrons. The van der Waals surface area contributed by atoms with Gasteiger partial charge in [0.2, 0.25) is 17.8 Å². The molecule has 1 aliphatic heterocycles. The average Bonchev–Trinajstić information content (AvgIpc) is 2.73. The van der Waals surface area contributed by atoms with Crippen LogP contribution >= 0.6 is 11.6 Å². The van der Waals surface area contributed by atoms with E-state index < -0.39 is 17.4 Å². The van der Waals surface area contributed by atoms with E-state index >= 15 is 0 Å². The highest BCUT2D eigenvalue weighted by Crippen LogP contribution is 2.30. The molecule has 2 heterocycles. The van der Waals surface area contributed by atoms with Gasteiger partial charge in [0.1, 0.15) is 5.82 Å². The number of nitrogens with one attached hydrogen (secondary N) is 4. The number of fused-ring (bicyclic) bond motifs is 1. The maximum Gasteiger partial charge on any atom is 0.258 e. The highest BCUT2D eigenvalue weighted by atomic mass is 35.5. The molecule has 0 aliphatic carbocycles. The molecule has 2 amide bonds. The first-order chi connectivity index (χ1) is 14.9. The number of carbonyl (C=O) groups excluding carboxylic acids is 2. The fourth-order valence-corrected chi connectivity index (χ4v) is 3.72. The number of halogens is 1. The van der Waals surface area contributed by atoms with Crippen molar-refractivity contribution in [2.24, 2.45) is 0 Å². The van der Waals surface area contributed by atoms with E-state index in [1.54, 1.807) is 30.3 Å². The van der Waals surface area contributed by atoms with Crippen molar-refractivity contribution in [2.45, 2.75) is 25.7 Å². The SMILES string of the molecule is CCc1ccccc1NC(=O)[C@H]1CC(=O)Nc2nc(Nc3cccc(Cl)c3)[nH]c(=O)c21. The van der Waals surface area contributed by atoms with Gasteiger partial charge in [-0.2, -0.15) is 4.98 Å². The molecule has 1 aliphatic rings. The van der Waals surface area contributed by atoms with Gasteiger partial charge in [-0.15, -0.1) is 0 Å². The van der Waals surface area contributed by atoms with E-state index in [-0.39, 0.29) is 29.7 Å². The Balaban J connectivity index is 1.65. The number of para-hydroxylation sites is 1. The Bertz CT molecular complexity index is 1220. The number of rotatable bonds is 5. The molecule has 31 heavy (non-hydrogen) atoms. The summed E-state index contributed by atoms with van der Waals surface area (Å²) in [6.07, 6.45) is 0.595. The van der Waals surface area contributed by atoms with Crippen LogP contribution in [-0.4, -0.2) is 21.8 Å². The molecule has 3 aromatic rings. The van der Waals surface area contributed by atoms with E-state index in [4.69, 9.17) is 11.6 Å². The third kappa shape index (κ3) is 4.44. The molecule has 0 fully saturated rings. The molecule has 4 rings (SSSR count). The van der Waals surface area contributed by atoms with Crippen LogP contribution in [0.25, 0.3) is 0 Å². The fourth-order valence-electron chi connectivity index (χ4n) is 3.53. The molecule has 158 valence electrons. The monoisotopic (exact) mass is 437 g/mol. The molecule has 2 aromatic carbocycles. The predicted octanol–water partition coefficient (Wildman–Crippen LogP) is 3.79. The summed E-state index contributed by atoms with van der Waals surface area (Å²) >= 11 is 5.99. The fraction of sp³-hybridized carbons (Fsp3) is 0.182. The van der Waals surface area contributed by atoms with E-state index in [1.807, 2.05) is 25.1 Å². The van der Waals surface area contributed by atoms with Crippen molar-refractivity contribution in [1.29, 1.82) is 0 Å². The van der Waals surface area contributed by atoms with Gasteiger partial charge in [0, 0.05) is 22.8 Å². The Labute approximate surface area is 183 Å². The van der Waals surface area contributed by atoms with Gasteiger partial charge in [0.15, 0.2) is 0 Å². The number of aromatic nitrogens is 2. The van der Waals surface area contributed by atoms with Gasteiger partial charge in [0.25, 0.3) is 5.56 Å². The summed E-state index contributed by atoms with van der Waals surface area (Å²) < 4.78 is 0. The van der Waals surface area contributed by atoms with Crippen molar-refractivity contribution < 1.29 is 9.59 Å². The van der Waals surface area contributed by atoms with Crippen molar-refractivity contribution in [3.63, 3.8) is 0 Å². The van der Waals surface area contributed by atoms with Crippen LogP contribution < -0.4 is 21.5 Å². The number of nitrogens with zero attached hydrogens (tertiary/aromatic N) is 1. The number of anilines is 4. The molecule has 0 bridgehead atoms. The molecular weight excluding hydrogens is 418 g/mol. The van der Waals surface area contributed by atoms with Crippen molar-refractivity contribution >= 4 is 46.6 Å². The maximum absolute atomic E-state index is 13.0. The molecule has 0 saturated heterocycles. The number of benzene rings is 2. The van der Waals surface area contributed by atoms with E-state index in [0.29, 0.717) is 16.4 Å². The third-order valence-electron chi connectivity index (χ3n) is 5.01. The maximum atomic E-state index is 13.0. The highest BCUT2D eigenvalue weighted by molar-refractivity contribution is 6.30. The van der Waals surface area contributed by atoms with Crippen molar-refractivity contribution in [3.05, 3.63) is 75.0 Å². The first kappa shape index (κ1) is 20.6. The Morgan fingerprint density at radius 3 is 2.77 bits per heavy atom. The number of H-pyrrole nitrogens is 1. The van der Waals surface area contributed by atoms with Crippen LogP contribution in [0.15, 0.2) is 53.3 Å². The topological polar surface area (TPSA) is 116 Å². The number of carbonyl (C=O) groups is 2. The molecule has 8 nitrogen and oxygen atoms in total. The Morgan fingerprint density at radius 2 is 2.00 bits per heavy atom. The van der Waals surface area contributed by atoms with E-state index in [0.717, 1.165) is 12.0 Å². The lowest BCUT2D eigenvalue weighted by Crippen LogP contribution is -2.36. The predicted molar refractivity (Wildman–Crippen MR) is 120 cm³/mol. The smallest absolute Gasteiger partial charge is 0.258 e. The van der Waals surface area contributed by atoms with Gasteiger partial charge >= 0.3 is 0 Å². The summed E-state index contributed by atoms with van der Waals surface area (Å²) in [5, 5.41) is 8.91. The molecule has 9 heteroatoms. The second-order valence-corrected chi connectivity index (χ2v) is 7.55. The summed E-state index contributed by atoms with van der Waals surface area (Å²) in [4.78, 5) is 45.1. The quantitative estimate of drug-likeness (QED) is 0.484. The van der Waals surface area contributed by atoms with Crippen LogP contribution in [0.5, 0.6) is 0 Å². The van der Waals surface area contributed by atoms with Crippen molar-refractivity contribution in [2.75, 3.05) is 16.0 Å². The summed E-state index contributed by atoms with van der Waals surface area (Å²) in [7, 11) is 0. The normalized spacial score (nSPS) is 15.0. The van der Waals surface area contributed by atoms with Crippen LogP contribution in [0.2, 0.25) is 5.02 Å². The van der Waals surface area contributed by atoms with Gasteiger partial charge in [0.05, 0.1) is 11.5 Å². The van der Waals surface area contributed by atoms with E-state index in [2.05, 4.69) is 25.9 Å². The largest absolute Gasteiger partial charge is 0.326 e. The van der Waals surface area contributed by atoms with Crippen LogP contribution in [0.1, 0.15) is 30.4 Å². The number of aryl methyl sites for hydroxylation is 1. The van der Waals surface area contributed by atoms with Crippen LogP contribution in [0, 0.1) is 0 Å². The molecule has 4 N–H and O–H groups in total. The Hall–Kier alpha value is -3.65. The number of amides is 2. The van der Waals surface area contributed by atoms with Crippen LogP contribution in [0.3, 0.4) is 0 Å². The minimum absolute atomic E-state index is 0.0634. The molecular formula is C22H20ClN5O3. The van der Waals surface area contributed by atoms with Gasteiger partial charge in [-0.1, -0.05) is 42.8 Å². The first-order valence-electron chi connectivity index (χ1n) is 9.80. The molecule has 1 atom stereocenters. The van der Waals surface area contributed by atoms with Gasteiger partial charge < -0.3 is 16.0 Å². The average molecular weight is 438 g/mol. The third-order valence-corrected chi connectivity index (χ3v) is 5.25. The lowest BCUT2D eigenvalue weighted by molar-refractivity contribution is -0.123. The number of hydrogen-bond acceptors (Lipinski definition) is 5. The Morgan fingerprint density at radius 1 is 1.19 bits per heavy atom. The van der Waals surface area contributed by atoms with Crippen LogP contribution in [0.4, 0.5) is 23.1 Å². The standard InChI is InChI=1S/C22H20ClN5O3/c1-2-12-6-3-4-9-16(12)25-20(30)15-11-17(29)26-19-18(15)21(31)28-22(27-19)24-14-8-5-7-13(23)10-14/h3-10,15H,2,11H2,1H3,(H,25,30)(H3,24,26,27,28,29,31)/t15-/m0/s1. The zero-order valence-electron chi connectivity index (χ0n) is 16.7.